The molecule has 2 unspecified atom stereocenters. The average molecular weight is 227 g/mol. The van der Waals surface area contributed by atoms with Gasteiger partial charge in [0, 0.05) is 19.0 Å². The second kappa shape index (κ2) is 6.86. The van der Waals surface area contributed by atoms with Gasteiger partial charge in [-0.3, -0.25) is 4.79 Å². The van der Waals surface area contributed by atoms with Gasteiger partial charge in [0.2, 0.25) is 5.91 Å². The maximum atomic E-state index is 11.6. The fourth-order valence-electron chi connectivity index (χ4n) is 2.07. The smallest absolute Gasteiger partial charge is 0.221 e. The van der Waals surface area contributed by atoms with Crippen LogP contribution in [-0.2, 0) is 4.79 Å². The minimum Gasteiger partial charge on any atom is -0.353 e. The zero-order valence-corrected chi connectivity index (χ0v) is 10.8. The molecule has 0 aromatic carbocycles. The number of nitrogens with zero attached hydrogens (tertiary/aromatic N) is 1. The lowest BCUT2D eigenvalue weighted by Gasteiger charge is -2.29. The minimum absolute atomic E-state index is 0.173. The van der Waals surface area contributed by atoms with E-state index in [-0.39, 0.29) is 5.91 Å². The summed E-state index contributed by atoms with van der Waals surface area (Å²) in [6.07, 6.45) is 3.04. The molecule has 0 spiro atoms. The van der Waals surface area contributed by atoms with Crippen molar-refractivity contribution in [1.82, 2.24) is 15.5 Å². The lowest BCUT2D eigenvalue weighted by Crippen LogP contribution is -2.45. The van der Waals surface area contributed by atoms with Crippen LogP contribution in [0.4, 0.5) is 0 Å². The number of carbonyl (C=O) groups is 1. The molecule has 2 N–H and O–H groups in total. The molecule has 1 aliphatic heterocycles. The number of amides is 1. The van der Waals surface area contributed by atoms with Crippen molar-refractivity contribution < 1.29 is 4.79 Å². The van der Waals surface area contributed by atoms with E-state index in [1.807, 2.05) is 19.0 Å². The lowest BCUT2D eigenvalue weighted by atomic mass is 9.93. The highest BCUT2D eigenvalue weighted by Crippen LogP contribution is 2.14. The zero-order valence-electron chi connectivity index (χ0n) is 10.8. The quantitative estimate of drug-likeness (QED) is 0.716. The molecule has 1 saturated heterocycles. The Morgan fingerprint density at radius 1 is 1.56 bits per heavy atom. The van der Waals surface area contributed by atoms with Gasteiger partial charge in [-0.15, -0.1) is 0 Å². The standard InChI is InChI=1S/C12H25N3O/c1-10(11-5-4-7-13-9-11)14-12(16)6-8-15(2)3/h10-11,13H,4-9H2,1-3H3,(H,14,16). The third-order valence-corrected chi connectivity index (χ3v) is 3.22. The van der Waals surface area contributed by atoms with Crippen molar-refractivity contribution in [3.63, 3.8) is 0 Å². The van der Waals surface area contributed by atoms with E-state index >= 15 is 0 Å². The van der Waals surface area contributed by atoms with Crippen molar-refractivity contribution in [2.75, 3.05) is 33.7 Å². The largest absolute Gasteiger partial charge is 0.353 e. The summed E-state index contributed by atoms with van der Waals surface area (Å²) in [5.41, 5.74) is 0. The van der Waals surface area contributed by atoms with Crippen LogP contribution in [0.2, 0.25) is 0 Å². The molecule has 94 valence electrons. The van der Waals surface area contributed by atoms with Crippen molar-refractivity contribution in [3.8, 4) is 0 Å². The summed E-state index contributed by atoms with van der Waals surface area (Å²) >= 11 is 0. The molecule has 4 heteroatoms. The van der Waals surface area contributed by atoms with E-state index in [1.165, 1.54) is 12.8 Å². The van der Waals surface area contributed by atoms with Gasteiger partial charge in [0.05, 0.1) is 0 Å². The van der Waals surface area contributed by atoms with Gasteiger partial charge in [-0.05, 0) is 52.9 Å². The van der Waals surface area contributed by atoms with Crippen LogP contribution >= 0.6 is 0 Å². The summed E-state index contributed by atoms with van der Waals surface area (Å²) in [4.78, 5) is 13.7. The Balaban J connectivity index is 2.21. The average Bonchev–Trinajstić information content (AvgIpc) is 2.27. The van der Waals surface area contributed by atoms with Gasteiger partial charge in [0.1, 0.15) is 0 Å². The van der Waals surface area contributed by atoms with Crippen molar-refractivity contribution in [2.24, 2.45) is 5.92 Å². The molecular weight excluding hydrogens is 202 g/mol. The molecule has 0 saturated carbocycles. The first kappa shape index (κ1) is 13.5. The van der Waals surface area contributed by atoms with Crippen LogP contribution in [0.1, 0.15) is 26.2 Å². The number of carbonyl (C=O) groups excluding carboxylic acids is 1. The van der Waals surface area contributed by atoms with E-state index in [0.717, 1.165) is 19.6 Å². The Hall–Kier alpha value is -0.610. The highest BCUT2D eigenvalue weighted by Gasteiger charge is 2.20. The first-order valence-corrected chi connectivity index (χ1v) is 6.24. The number of hydrogen-bond acceptors (Lipinski definition) is 3. The van der Waals surface area contributed by atoms with E-state index in [0.29, 0.717) is 18.4 Å². The number of rotatable bonds is 5. The van der Waals surface area contributed by atoms with Crippen LogP contribution in [0.15, 0.2) is 0 Å². The van der Waals surface area contributed by atoms with Gasteiger partial charge in [0.25, 0.3) is 0 Å². The lowest BCUT2D eigenvalue weighted by molar-refractivity contribution is -0.122. The normalized spacial score (nSPS) is 23.1. The molecule has 1 aliphatic rings. The van der Waals surface area contributed by atoms with Crippen LogP contribution in [0.3, 0.4) is 0 Å². The Morgan fingerprint density at radius 3 is 2.88 bits per heavy atom. The van der Waals surface area contributed by atoms with E-state index in [4.69, 9.17) is 0 Å². The molecule has 0 aromatic heterocycles. The van der Waals surface area contributed by atoms with Crippen molar-refractivity contribution >= 4 is 5.91 Å². The third kappa shape index (κ3) is 4.94. The van der Waals surface area contributed by atoms with Crippen molar-refractivity contribution in [1.29, 1.82) is 0 Å². The van der Waals surface area contributed by atoms with E-state index in [1.54, 1.807) is 0 Å². The topological polar surface area (TPSA) is 44.4 Å². The van der Waals surface area contributed by atoms with E-state index in [2.05, 4.69) is 17.6 Å². The van der Waals surface area contributed by atoms with Gasteiger partial charge >= 0.3 is 0 Å². The van der Waals surface area contributed by atoms with E-state index in [9.17, 15) is 4.79 Å². The second-order valence-electron chi connectivity index (χ2n) is 5.02. The van der Waals surface area contributed by atoms with Crippen LogP contribution in [-0.4, -0.2) is 50.6 Å². The summed E-state index contributed by atoms with van der Waals surface area (Å²) in [5.74, 6) is 0.767. The molecular formula is C12H25N3O. The number of piperidine rings is 1. The van der Waals surface area contributed by atoms with Crippen molar-refractivity contribution in [2.45, 2.75) is 32.2 Å². The SMILES string of the molecule is CC(NC(=O)CCN(C)C)C1CCCNC1. The highest BCUT2D eigenvalue weighted by atomic mass is 16.1. The van der Waals surface area contributed by atoms with Crippen molar-refractivity contribution in [3.05, 3.63) is 0 Å². The maximum absolute atomic E-state index is 11.6. The van der Waals surface area contributed by atoms with Crippen LogP contribution < -0.4 is 10.6 Å². The Kier molecular flexibility index (Phi) is 5.77. The second-order valence-corrected chi connectivity index (χ2v) is 5.02. The highest BCUT2D eigenvalue weighted by molar-refractivity contribution is 5.76. The maximum Gasteiger partial charge on any atom is 0.221 e. The Morgan fingerprint density at radius 2 is 2.31 bits per heavy atom. The first-order chi connectivity index (χ1) is 7.59. The molecule has 1 fully saturated rings. The van der Waals surface area contributed by atoms with Gasteiger partial charge in [-0.25, -0.2) is 0 Å². The summed E-state index contributed by atoms with van der Waals surface area (Å²) < 4.78 is 0. The summed E-state index contributed by atoms with van der Waals surface area (Å²) in [6.45, 7) is 5.10. The van der Waals surface area contributed by atoms with Gasteiger partial charge in [-0.2, -0.15) is 0 Å². The molecule has 16 heavy (non-hydrogen) atoms. The van der Waals surface area contributed by atoms with Gasteiger partial charge in [-0.1, -0.05) is 0 Å². The fourth-order valence-corrected chi connectivity index (χ4v) is 2.07. The monoisotopic (exact) mass is 227 g/mol. The predicted molar refractivity (Wildman–Crippen MR) is 66.4 cm³/mol. The molecule has 1 heterocycles. The summed E-state index contributed by atoms with van der Waals surface area (Å²) in [5, 5.41) is 6.48. The van der Waals surface area contributed by atoms with Gasteiger partial charge < -0.3 is 15.5 Å². The summed E-state index contributed by atoms with van der Waals surface area (Å²) in [7, 11) is 3.98. The molecule has 0 aromatic rings. The number of nitrogens with one attached hydrogen (secondary N) is 2. The first-order valence-electron chi connectivity index (χ1n) is 6.24. The molecule has 0 radical (unpaired) electrons. The predicted octanol–water partition coefficient (Wildman–Crippen LogP) is 0.442. The van der Waals surface area contributed by atoms with Gasteiger partial charge in [0.15, 0.2) is 0 Å². The Labute approximate surface area is 98.8 Å². The third-order valence-electron chi connectivity index (χ3n) is 3.22. The van der Waals surface area contributed by atoms with Crippen LogP contribution in [0.5, 0.6) is 0 Å². The molecule has 0 aliphatic carbocycles. The van der Waals surface area contributed by atoms with E-state index < -0.39 is 0 Å². The summed E-state index contributed by atoms with van der Waals surface area (Å²) in [6, 6.07) is 0.294. The number of hydrogen-bond donors (Lipinski definition) is 2. The fraction of sp³-hybridized carbons (Fsp3) is 0.917. The Bertz CT molecular complexity index is 212. The zero-order chi connectivity index (χ0) is 12.0. The molecule has 4 nitrogen and oxygen atoms in total. The molecule has 1 amide bonds. The molecule has 1 rings (SSSR count). The van der Waals surface area contributed by atoms with Crippen LogP contribution in [0, 0.1) is 5.92 Å². The van der Waals surface area contributed by atoms with Crippen LogP contribution in [0.25, 0.3) is 0 Å². The molecule has 2 atom stereocenters. The minimum atomic E-state index is 0.173. The molecule has 0 bridgehead atoms.